The van der Waals surface area contributed by atoms with Crippen LogP contribution in [0.2, 0.25) is 10.0 Å². The molecule has 8 heteroatoms. The Labute approximate surface area is 171 Å². The monoisotopic (exact) mass is 417 g/mol. The van der Waals surface area contributed by atoms with Crippen molar-refractivity contribution >= 4 is 45.5 Å². The van der Waals surface area contributed by atoms with E-state index < -0.39 is 0 Å². The van der Waals surface area contributed by atoms with E-state index in [4.69, 9.17) is 32.7 Å². The number of nitrogens with zero attached hydrogens (tertiary/aromatic N) is 2. The van der Waals surface area contributed by atoms with E-state index in [9.17, 15) is 4.79 Å². The Morgan fingerprint density at radius 1 is 1.25 bits per heavy atom. The number of benzene rings is 1. The number of hydrogen-bond acceptors (Lipinski definition) is 5. The van der Waals surface area contributed by atoms with Crippen molar-refractivity contribution in [2.45, 2.75) is 31.4 Å². The molecule has 2 aromatic heterocycles. The largest absolute Gasteiger partial charge is 0.493 e. The number of methoxy groups -OCH3 is 1. The SMILES string of the molecule is COc1ccc2c(Nc3c(Cl)cncc3Cl)cc(=O)n3c2c1OC1CCCC13. The molecule has 0 saturated heterocycles. The molecular weight excluding hydrogens is 401 g/mol. The van der Waals surface area contributed by atoms with Gasteiger partial charge in [0.15, 0.2) is 11.5 Å². The van der Waals surface area contributed by atoms with Crippen LogP contribution in [0.4, 0.5) is 11.4 Å². The van der Waals surface area contributed by atoms with Crippen LogP contribution in [0.15, 0.2) is 35.4 Å². The molecular formula is C20H17Cl2N3O3. The Hall–Kier alpha value is -2.44. The Morgan fingerprint density at radius 2 is 2.04 bits per heavy atom. The van der Waals surface area contributed by atoms with Gasteiger partial charge in [-0.1, -0.05) is 23.2 Å². The molecule has 144 valence electrons. The molecule has 2 unspecified atom stereocenters. The molecule has 1 aliphatic heterocycles. The summed E-state index contributed by atoms with van der Waals surface area (Å²) >= 11 is 12.5. The molecule has 2 aliphatic rings. The first-order valence-corrected chi connectivity index (χ1v) is 9.83. The topological polar surface area (TPSA) is 65.4 Å². The molecule has 28 heavy (non-hydrogen) atoms. The van der Waals surface area contributed by atoms with Gasteiger partial charge < -0.3 is 14.8 Å². The summed E-state index contributed by atoms with van der Waals surface area (Å²) in [6.45, 7) is 0. The van der Waals surface area contributed by atoms with Gasteiger partial charge in [-0.2, -0.15) is 0 Å². The quantitative estimate of drug-likeness (QED) is 0.653. The first kappa shape index (κ1) is 17.6. The van der Waals surface area contributed by atoms with Crippen LogP contribution in [-0.4, -0.2) is 22.8 Å². The normalized spacial score (nSPS) is 20.0. The van der Waals surface area contributed by atoms with Gasteiger partial charge in [0.25, 0.3) is 5.56 Å². The second-order valence-electron chi connectivity index (χ2n) is 7.02. The summed E-state index contributed by atoms with van der Waals surface area (Å²) in [6.07, 6.45) is 5.88. The Balaban J connectivity index is 1.77. The number of fused-ring (bicyclic) bond motifs is 2. The number of nitrogens with one attached hydrogen (secondary N) is 1. The molecule has 5 rings (SSSR count). The zero-order valence-corrected chi connectivity index (χ0v) is 16.5. The minimum atomic E-state index is -0.0917. The van der Waals surface area contributed by atoms with Crippen LogP contribution < -0.4 is 20.3 Å². The Bertz CT molecular complexity index is 1140. The van der Waals surface area contributed by atoms with Crippen LogP contribution in [0, 0.1) is 0 Å². The van der Waals surface area contributed by atoms with Gasteiger partial charge in [-0.15, -0.1) is 0 Å². The van der Waals surface area contributed by atoms with E-state index in [0.29, 0.717) is 32.9 Å². The zero-order chi connectivity index (χ0) is 19.4. The van der Waals surface area contributed by atoms with Gasteiger partial charge in [0.2, 0.25) is 0 Å². The summed E-state index contributed by atoms with van der Waals surface area (Å²) in [7, 11) is 1.60. The third kappa shape index (κ3) is 2.55. The van der Waals surface area contributed by atoms with E-state index in [2.05, 4.69) is 10.3 Å². The van der Waals surface area contributed by atoms with Gasteiger partial charge in [-0.05, 0) is 31.4 Å². The predicted octanol–water partition coefficient (Wildman–Crippen LogP) is 4.94. The number of halogens is 2. The minimum Gasteiger partial charge on any atom is -0.493 e. The second-order valence-corrected chi connectivity index (χ2v) is 7.83. The first-order valence-electron chi connectivity index (χ1n) is 9.07. The highest BCUT2D eigenvalue weighted by molar-refractivity contribution is 6.39. The van der Waals surface area contributed by atoms with Crippen molar-refractivity contribution in [2.24, 2.45) is 0 Å². The molecule has 3 aromatic rings. The first-order chi connectivity index (χ1) is 13.6. The van der Waals surface area contributed by atoms with Gasteiger partial charge in [-0.25, -0.2) is 0 Å². The maximum absolute atomic E-state index is 13.1. The molecule has 6 nitrogen and oxygen atoms in total. The number of pyridine rings is 2. The van der Waals surface area contributed by atoms with Gasteiger partial charge in [0.1, 0.15) is 11.6 Å². The second kappa shape index (κ2) is 6.57. The molecule has 1 N–H and O–H groups in total. The van der Waals surface area contributed by atoms with E-state index in [-0.39, 0.29) is 17.7 Å². The summed E-state index contributed by atoms with van der Waals surface area (Å²) in [4.78, 5) is 17.1. The molecule has 0 amide bonds. The molecule has 0 bridgehead atoms. The van der Waals surface area contributed by atoms with Gasteiger partial charge >= 0.3 is 0 Å². The summed E-state index contributed by atoms with van der Waals surface area (Å²) in [5, 5.41) is 4.79. The fourth-order valence-corrected chi connectivity index (χ4v) is 4.71. The van der Waals surface area contributed by atoms with Crippen LogP contribution >= 0.6 is 23.2 Å². The van der Waals surface area contributed by atoms with Crippen LogP contribution in [0.5, 0.6) is 11.5 Å². The van der Waals surface area contributed by atoms with E-state index >= 15 is 0 Å². The molecule has 1 aromatic carbocycles. The average Bonchev–Trinajstić information content (AvgIpc) is 3.15. The van der Waals surface area contributed by atoms with Crippen molar-refractivity contribution in [1.29, 1.82) is 0 Å². The number of hydrogen-bond donors (Lipinski definition) is 1. The van der Waals surface area contributed by atoms with Crippen LogP contribution in [0.3, 0.4) is 0 Å². The molecule has 1 aliphatic carbocycles. The molecule has 0 spiro atoms. The zero-order valence-electron chi connectivity index (χ0n) is 15.0. The summed E-state index contributed by atoms with van der Waals surface area (Å²) in [5.41, 5.74) is 1.76. The van der Waals surface area contributed by atoms with Crippen molar-refractivity contribution in [3.63, 3.8) is 0 Å². The Morgan fingerprint density at radius 3 is 2.79 bits per heavy atom. The van der Waals surface area contributed by atoms with Crippen molar-refractivity contribution in [2.75, 3.05) is 12.4 Å². The molecule has 3 heterocycles. The van der Waals surface area contributed by atoms with Crippen LogP contribution in [-0.2, 0) is 0 Å². The smallest absolute Gasteiger partial charge is 0.253 e. The summed E-state index contributed by atoms with van der Waals surface area (Å²) in [5.74, 6) is 1.22. The lowest BCUT2D eigenvalue weighted by Gasteiger charge is -2.32. The maximum atomic E-state index is 13.1. The lowest BCUT2D eigenvalue weighted by atomic mass is 10.1. The molecule has 0 radical (unpaired) electrons. The van der Waals surface area contributed by atoms with Crippen molar-refractivity contribution < 1.29 is 9.47 Å². The molecule has 1 fully saturated rings. The average molecular weight is 418 g/mol. The number of ether oxygens (including phenoxy) is 2. The molecule has 1 saturated carbocycles. The van der Waals surface area contributed by atoms with E-state index in [1.165, 1.54) is 12.4 Å². The molecule has 2 atom stereocenters. The summed E-state index contributed by atoms with van der Waals surface area (Å²) < 4.78 is 13.6. The highest BCUT2D eigenvalue weighted by atomic mass is 35.5. The maximum Gasteiger partial charge on any atom is 0.253 e. The minimum absolute atomic E-state index is 0.00686. The lowest BCUT2D eigenvalue weighted by Crippen LogP contribution is -2.36. The third-order valence-corrected chi connectivity index (χ3v) is 6.06. The van der Waals surface area contributed by atoms with Crippen molar-refractivity contribution in [3.05, 3.63) is 51.0 Å². The predicted molar refractivity (Wildman–Crippen MR) is 110 cm³/mol. The van der Waals surface area contributed by atoms with Gasteiger partial charge in [0.05, 0.1) is 34.6 Å². The van der Waals surface area contributed by atoms with E-state index in [1.54, 1.807) is 13.2 Å². The van der Waals surface area contributed by atoms with Crippen LogP contribution in [0.1, 0.15) is 25.3 Å². The highest BCUT2D eigenvalue weighted by Gasteiger charge is 2.38. The van der Waals surface area contributed by atoms with Crippen molar-refractivity contribution in [3.8, 4) is 11.5 Å². The fourth-order valence-electron chi connectivity index (χ4n) is 4.25. The number of aromatic nitrogens is 2. The lowest BCUT2D eigenvalue weighted by molar-refractivity contribution is 0.143. The summed E-state index contributed by atoms with van der Waals surface area (Å²) in [6, 6.07) is 5.39. The van der Waals surface area contributed by atoms with E-state index in [1.807, 2.05) is 16.7 Å². The fraction of sp³-hybridized carbons (Fsp3) is 0.300. The van der Waals surface area contributed by atoms with Gasteiger partial charge in [0, 0.05) is 23.8 Å². The standard InChI is InChI=1S/C20H17Cl2N3O3/c1-27-16-6-5-10-13(24-18-11(21)8-23-9-12(18)22)7-17(26)25-14-3-2-4-15(14)28-20(16)19(10)25/h5-9,14-15H,2-4H2,1H3,(H,23,24). The van der Waals surface area contributed by atoms with E-state index in [0.717, 1.165) is 30.2 Å². The number of anilines is 2. The van der Waals surface area contributed by atoms with Crippen LogP contribution in [0.25, 0.3) is 10.9 Å². The Kier molecular flexibility index (Phi) is 4.14. The third-order valence-electron chi connectivity index (χ3n) is 5.48. The highest BCUT2D eigenvalue weighted by Crippen LogP contribution is 2.47. The number of rotatable bonds is 3. The van der Waals surface area contributed by atoms with Gasteiger partial charge in [-0.3, -0.25) is 14.3 Å². The van der Waals surface area contributed by atoms with Crippen molar-refractivity contribution in [1.82, 2.24) is 9.55 Å².